The molecule has 5 heteroatoms. The van der Waals surface area contributed by atoms with Crippen molar-refractivity contribution in [2.24, 2.45) is 0 Å². The van der Waals surface area contributed by atoms with E-state index in [1.54, 1.807) is 4.90 Å². The van der Waals surface area contributed by atoms with E-state index in [0.29, 0.717) is 19.6 Å². The van der Waals surface area contributed by atoms with E-state index in [0.717, 1.165) is 6.42 Å². The van der Waals surface area contributed by atoms with Crippen molar-refractivity contribution in [1.29, 1.82) is 0 Å². The van der Waals surface area contributed by atoms with Gasteiger partial charge in [0.15, 0.2) is 0 Å². The summed E-state index contributed by atoms with van der Waals surface area (Å²) in [5.74, 6) is -0.0468. The van der Waals surface area contributed by atoms with Crippen molar-refractivity contribution < 1.29 is 9.59 Å². The van der Waals surface area contributed by atoms with Gasteiger partial charge in [0.25, 0.3) is 0 Å². The van der Waals surface area contributed by atoms with E-state index < -0.39 is 0 Å². The van der Waals surface area contributed by atoms with E-state index in [-0.39, 0.29) is 18.0 Å². The smallest absolute Gasteiger partial charge is 0.317 e. The van der Waals surface area contributed by atoms with E-state index in [4.69, 9.17) is 0 Å². The zero-order valence-corrected chi connectivity index (χ0v) is 12.0. The number of aryl methyl sites for hydroxylation is 1. The molecular formula is C15H21N3O2. The topological polar surface area (TPSA) is 61.4 Å². The van der Waals surface area contributed by atoms with Gasteiger partial charge in [-0.1, -0.05) is 29.8 Å². The lowest BCUT2D eigenvalue weighted by molar-refractivity contribution is -0.120. The number of nitrogens with one attached hydrogen (secondary N) is 2. The number of urea groups is 1. The van der Waals surface area contributed by atoms with Crippen LogP contribution in [-0.2, 0) is 11.2 Å². The molecule has 1 aromatic rings. The van der Waals surface area contributed by atoms with Gasteiger partial charge in [0.05, 0.1) is 6.04 Å². The van der Waals surface area contributed by atoms with Crippen molar-refractivity contribution in [2.45, 2.75) is 26.3 Å². The number of amides is 3. The number of benzene rings is 1. The summed E-state index contributed by atoms with van der Waals surface area (Å²) in [5.41, 5.74) is 2.46. The van der Waals surface area contributed by atoms with Gasteiger partial charge in [0.2, 0.25) is 5.91 Å². The molecule has 2 rings (SSSR count). The van der Waals surface area contributed by atoms with Gasteiger partial charge in [0.1, 0.15) is 0 Å². The zero-order chi connectivity index (χ0) is 14.5. The average molecular weight is 275 g/mol. The summed E-state index contributed by atoms with van der Waals surface area (Å²) in [6, 6.07) is 8.36. The maximum Gasteiger partial charge on any atom is 0.317 e. The highest BCUT2D eigenvalue weighted by Crippen LogP contribution is 2.08. The summed E-state index contributed by atoms with van der Waals surface area (Å²) in [6.07, 6.45) is 0.828. The van der Waals surface area contributed by atoms with Crippen LogP contribution in [0.2, 0.25) is 0 Å². The van der Waals surface area contributed by atoms with E-state index in [2.05, 4.69) is 41.8 Å². The van der Waals surface area contributed by atoms with E-state index >= 15 is 0 Å². The van der Waals surface area contributed by atoms with Gasteiger partial charge in [-0.3, -0.25) is 4.79 Å². The Morgan fingerprint density at radius 3 is 2.50 bits per heavy atom. The maximum absolute atomic E-state index is 11.8. The van der Waals surface area contributed by atoms with Gasteiger partial charge in [-0.15, -0.1) is 0 Å². The van der Waals surface area contributed by atoms with Crippen molar-refractivity contribution in [3.8, 4) is 0 Å². The molecule has 0 radical (unpaired) electrons. The third kappa shape index (κ3) is 3.98. The van der Waals surface area contributed by atoms with Gasteiger partial charge < -0.3 is 15.5 Å². The molecule has 0 atom stereocenters. The lowest BCUT2D eigenvalue weighted by Crippen LogP contribution is -2.62. The first kappa shape index (κ1) is 14.4. The molecule has 1 aliphatic heterocycles. The van der Waals surface area contributed by atoms with Crippen LogP contribution < -0.4 is 10.6 Å². The molecule has 0 aromatic heterocycles. The van der Waals surface area contributed by atoms with Crippen LogP contribution in [0.3, 0.4) is 0 Å². The largest absolute Gasteiger partial charge is 0.350 e. The fourth-order valence-electron chi connectivity index (χ4n) is 2.20. The summed E-state index contributed by atoms with van der Waals surface area (Å²) < 4.78 is 0. The molecular weight excluding hydrogens is 254 g/mol. The number of likely N-dealkylation sites (tertiary alicyclic amines) is 1. The second-order valence-corrected chi connectivity index (χ2v) is 5.27. The fourth-order valence-corrected chi connectivity index (χ4v) is 2.20. The maximum atomic E-state index is 11.8. The Labute approximate surface area is 119 Å². The molecule has 0 saturated carbocycles. The van der Waals surface area contributed by atoms with Gasteiger partial charge in [-0.2, -0.15) is 0 Å². The zero-order valence-electron chi connectivity index (χ0n) is 12.0. The normalized spacial score (nSPS) is 14.6. The Balaban J connectivity index is 1.64. The first-order chi connectivity index (χ1) is 9.54. The van der Waals surface area contributed by atoms with Crippen LogP contribution in [0.5, 0.6) is 0 Å². The summed E-state index contributed by atoms with van der Waals surface area (Å²) in [6.45, 7) is 5.36. The number of carbonyl (C=O) groups excluding carboxylic acids is 2. The van der Waals surface area contributed by atoms with Gasteiger partial charge >= 0.3 is 6.03 Å². The standard InChI is InChI=1S/C15H21N3O2/c1-11-3-5-13(6-4-11)7-8-16-15(20)18-9-14(10-18)17-12(2)19/h3-6,14H,7-10H2,1-2H3,(H,16,20)(H,17,19). The summed E-state index contributed by atoms with van der Waals surface area (Å²) in [4.78, 5) is 24.4. The Hall–Kier alpha value is -2.04. The van der Waals surface area contributed by atoms with Gasteiger partial charge in [0, 0.05) is 26.6 Å². The van der Waals surface area contributed by atoms with E-state index in [1.165, 1.54) is 18.1 Å². The minimum Gasteiger partial charge on any atom is -0.350 e. The van der Waals surface area contributed by atoms with Crippen LogP contribution in [0.4, 0.5) is 4.79 Å². The minimum atomic E-state index is -0.0567. The van der Waals surface area contributed by atoms with Crippen LogP contribution in [0, 0.1) is 6.92 Å². The van der Waals surface area contributed by atoms with Crippen molar-refractivity contribution in [1.82, 2.24) is 15.5 Å². The number of carbonyl (C=O) groups is 2. The minimum absolute atomic E-state index is 0.0468. The Morgan fingerprint density at radius 2 is 1.90 bits per heavy atom. The van der Waals surface area contributed by atoms with Crippen LogP contribution in [0.1, 0.15) is 18.1 Å². The lowest BCUT2D eigenvalue weighted by Gasteiger charge is -2.39. The van der Waals surface area contributed by atoms with Crippen molar-refractivity contribution in [2.75, 3.05) is 19.6 Å². The molecule has 3 amide bonds. The predicted octanol–water partition coefficient (Wildman–Crippen LogP) is 1.07. The van der Waals surface area contributed by atoms with Gasteiger partial charge in [-0.25, -0.2) is 4.79 Å². The van der Waals surface area contributed by atoms with Crippen LogP contribution >= 0.6 is 0 Å². The summed E-state index contributed by atoms with van der Waals surface area (Å²) in [5, 5.41) is 5.69. The van der Waals surface area contributed by atoms with Crippen LogP contribution in [0.25, 0.3) is 0 Å². The Kier molecular flexibility index (Phi) is 4.61. The third-order valence-corrected chi connectivity index (χ3v) is 3.39. The predicted molar refractivity (Wildman–Crippen MR) is 77.5 cm³/mol. The average Bonchev–Trinajstić information content (AvgIpc) is 2.35. The molecule has 0 aliphatic carbocycles. The van der Waals surface area contributed by atoms with Gasteiger partial charge in [-0.05, 0) is 18.9 Å². The van der Waals surface area contributed by atoms with Crippen LogP contribution in [-0.4, -0.2) is 42.5 Å². The molecule has 20 heavy (non-hydrogen) atoms. The fraction of sp³-hybridized carbons (Fsp3) is 0.467. The van der Waals surface area contributed by atoms with E-state index in [9.17, 15) is 9.59 Å². The monoisotopic (exact) mass is 275 g/mol. The SMILES string of the molecule is CC(=O)NC1CN(C(=O)NCCc2ccc(C)cc2)C1. The van der Waals surface area contributed by atoms with Crippen LogP contribution in [0.15, 0.2) is 24.3 Å². The molecule has 108 valence electrons. The molecule has 0 unspecified atom stereocenters. The summed E-state index contributed by atoms with van der Waals surface area (Å²) >= 11 is 0. The number of hydrogen-bond donors (Lipinski definition) is 2. The molecule has 2 N–H and O–H groups in total. The van der Waals surface area contributed by atoms with Crippen molar-refractivity contribution >= 4 is 11.9 Å². The number of hydrogen-bond acceptors (Lipinski definition) is 2. The number of rotatable bonds is 4. The first-order valence-electron chi connectivity index (χ1n) is 6.90. The second kappa shape index (κ2) is 6.41. The molecule has 5 nitrogen and oxygen atoms in total. The quantitative estimate of drug-likeness (QED) is 0.863. The first-order valence-corrected chi connectivity index (χ1v) is 6.90. The number of nitrogens with zero attached hydrogens (tertiary/aromatic N) is 1. The highest BCUT2D eigenvalue weighted by molar-refractivity contribution is 5.77. The summed E-state index contributed by atoms with van der Waals surface area (Å²) in [7, 11) is 0. The van der Waals surface area contributed by atoms with E-state index in [1.807, 2.05) is 0 Å². The molecule has 1 saturated heterocycles. The third-order valence-electron chi connectivity index (χ3n) is 3.39. The molecule has 1 aromatic carbocycles. The molecule has 1 heterocycles. The molecule has 1 aliphatic rings. The molecule has 1 fully saturated rings. The highest BCUT2D eigenvalue weighted by atomic mass is 16.2. The van der Waals surface area contributed by atoms with Crippen molar-refractivity contribution in [3.05, 3.63) is 35.4 Å². The highest BCUT2D eigenvalue weighted by Gasteiger charge is 2.30. The lowest BCUT2D eigenvalue weighted by atomic mass is 10.1. The Bertz CT molecular complexity index is 478. The molecule has 0 spiro atoms. The Morgan fingerprint density at radius 1 is 1.25 bits per heavy atom. The second-order valence-electron chi connectivity index (χ2n) is 5.27. The van der Waals surface area contributed by atoms with Crippen molar-refractivity contribution in [3.63, 3.8) is 0 Å². The molecule has 0 bridgehead atoms.